The van der Waals surface area contributed by atoms with E-state index in [1.165, 1.54) is 4.31 Å². The molecule has 2 aromatic rings. The van der Waals surface area contributed by atoms with Crippen LogP contribution in [0.1, 0.15) is 23.1 Å². The van der Waals surface area contributed by atoms with Crippen LogP contribution in [-0.2, 0) is 27.8 Å². The Hall–Kier alpha value is -2.42. The number of morpholine rings is 1. The fourth-order valence-corrected chi connectivity index (χ4v) is 7.42. The smallest absolute Gasteiger partial charge is 0.317 e. The number of carbonyl (C=O) groups is 1. The number of benzene rings is 2. The van der Waals surface area contributed by atoms with Crippen molar-refractivity contribution >= 4 is 16.1 Å². The molecule has 1 spiro atoms. The second-order valence-corrected chi connectivity index (χ2v) is 10.9. The summed E-state index contributed by atoms with van der Waals surface area (Å²) in [6, 6.07) is 17.4. The molecule has 3 saturated heterocycles. The molecule has 164 valence electrons. The summed E-state index contributed by atoms with van der Waals surface area (Å²) in [4.78, 5) is 14.6. The molecule has 3 heterocycles. The molecule has 2 aromatic carbocycles. The highest BCUT2D eigenvalue weighted by Crippen LogP contribution is 2.46. The SMILES string of the molecule is Cc1ccccc1CNC(=O)N1C[C@@H]2C[C@@H]3[C@@](C1)(CN(Cc1ccccc1)S3(=O)=O)O2. The van der Waals surface area contributed by atoms with Crippen LogP contribution in [0.25, 0.3) is 0 Å². The number of urea groups is 1. The van der Waals surface area contributed by atoms with Crippen LogP contribution in [0.4, 0.5) is 4.79 Å². The average Bonchev–Trinajstić information content (AvgIpc) is 3.12. The lowest BCUT2D eigenvalue weighted by atomic mass is 9.99. The molecule has 2 amide bonds. The number of rotatable bonds is 4. The van der Waals surface area contributed by atoms with E-state index in [2.05, 4.69) is 5.32 Å². The van der Waals surface area contributed by atoms with Crippen LogP contribution in [0.15, 0.2) is 54.6 Å². The predicted molar refractivity (Wildman–Crippen MR) is 117 cm³/mol. The molecule has 3 fully saturated rings. The molecule has 0 saturated carbocycles. The highest BCUT2D eigenvalue weighted by Gasteiger charge is 2.65. The zero-order chi connectivity index (χ0) is 21.6. The number of likely N-dealkylation sites (tertiary alicyclic amines) is 1. The van der Waals surface area contributed by atoms with Gasteiger partial charge >= 0.3 is 6.03 Å². The van der Waals surface area contributed by atoms with E-state index in [9.17, 15) is 13.2 Å². The average molecular weight is 442 g/mol. The second-order valence-electron chi connectivity index (χ2n) is 8.79. The lowest BCUT2D eigenvalue weighted by molar-refractivity contribution is -0.0958. The Morgan fingerprint density at radius 2 is 1.87 bits per heavy atom. The van der Waals surface area contributed by atoms with Crippen LogP contribution in [0.3, 0.4) is 0 Å². The van der Waals surface area contributed by atoms with Crippen LogP contribution >= 0.6 is 0 Å². The van der Waals surface area contributed by atoms with E-state index in [0.717, 1.165) is 16.7 Å². The van der Waals surface area contributed by atoms with Crippen molar-refractivity contribution in [1.82, 2.24) is 14.5 Å². The number of amides is 2. The van der Waals surface area contributed by atoms with Gasteiger partial charge in [0, 0.05) is 26.2 Å². The number of ether oxygens (including phenoxy) is 1. The molecule has 2 bridgehead atoms. The zero-order valence-electron chi connectivity index (χ0n) is 17.5. The van der Waals surface area contributed by atoms with Gasteiger partial charge in [0.1, 0.15) is 10.9 Å². The first-order chi connectivity index (χ1) is 14.9. The zero-order valence-corrected chi connectivity index (χ0v) is 18.3. The number of hydrogen-bond donors (Lipinski definition) is 1. The molecular formula is C23H27N3O4S. The van der Waals surface area contributed by atoms with Crippen LogP contribution in [0.2, 0.25) is 0 Å². The van der Waals surface area contributed by atoms with E-state index in [1.807, 2.05) is 61.5 Å². The van der Waals surface area contributed by atoms with Crippen molar-refractivity contribution in [1.29, 1.82) is 0 Å². The van der Waals surface area contributed by atoms with Gasteiger partial charge in [0.05, 0.1) is 12.6 Å². The van der Waals surface area contributed by atoms with Crippen molar-refractivity contribution in [2.45, 2.75) is 43.4 Å². The lowest BCUT2D eigenvalue weighted by Gasteiger charge is -2.39. The summed E-state index contributed by atoms with van der Waals surface area (Å²) >= 11 is 0. The van der Waals surface area contributed by atoms with Gasteiger partial charge in [-0.15, -0.1) is 0 Å². The maximum atomic E-state index is 13.3. The molecule has 0 unspecified atom stereocenters. The Balaban J connectivity index is 1.30. The molecular weight excluding hydrogens is 414 g/mol. The summed E-state index contributed by atoms with van der Waals surface area (Å²) in [5.74, 6) is 0. The van der Waals surface area contributed by atoms with E-state index in [-0.39, 0.29) is 25.2 Å². The lowest BCUT2D eigenvalue weighted by Crippen LogP contribution is -2.58. The fourth-order valence-electron chi connectivity index (χ4n) is 5.12. The van der Waals surface area contributed by atoms with Crippen molar-refractivity contribution in [3.05, 3.63) is 71.3 Å². The number of carbonyl (C=O) groups excluding carboxylic acids is 1. The van der Waals surface area contributed by atoms with Crippen LogP contribution in [0.5, 0.6) is 0 Å². The molecule has 0 aliphatic carbocycles. The van der Waals surface area contributed by atoms with Crippen LogP contribution < -0.4 is 5.32 Å². The van der Waals surface area contributed by atoms with Gasteiger partial charge in [-0.25, -0.2) is 13.2 Å². The largest absolute Gasteiger partial charge is 0.365 e. The fraction of sp³-hybridized carbons (Fsp3) is 0.435. The molecule has 5 rings (SSSR count). The standard InChI is InChI=1S/C23H27N3O4S/c1-17-7-5-6-10-19(17)12-24-22(27)25-14-20-11-21-23(15-25,30-20)16-26(31(21,28)29)13-18-8-3-2-4-9-18/h2-10,20-21H,11-16H2,1H3,(H,24,27)/t20-,21+,23+/m0/s1. The third-order valence-electron chi connectivity index (χ3n) is 6.69. The number of sulfonamides is 1. The van der Waals surface area contributed by atoms with Gasteiger partial charge in [0.25, 0.3) is 0 Å². The van der Waals surface area contributed by atoms with E-state index < -0.39 is 20.9 Å². The third kappa shape index (κ3) is 3.62. The van der Waals surface area contributed by atoms with Gasteiger partial charge in [-0.2, -0.15) is 4.31 Å². The Kier molecular flexibility index (Phi) is 5.03. The van der Waals surface area contributed by atoms with Gasteiger partial charge in [0.15, 0.2) is 0 Å². The van der Waals surface area contributed by atoms with E-state index in [1.54, 1.807) is 4.90 Å². The molecule has 8 heteroatoms. The molecule has 3 atom stereocenters. The minimum absolute atomic E-state index is 0.171. The Morgan fingerprint density at radius 1 is 1.13 bits per heavy atom. The Bertz CT molecular complexity index is 1090. The molecule has 3 aliphatic rings. The monoisotopic (exact) mass is 441 g/mol. The van der Waals surface area contributed by atoms with Gasteiger partial charge in [-0.1, -0.05) is 54.6 Å². The van der Waals surface area contributed by atoms with E-state index >= 15 is 0 Å². The molecule has 0 radical (unpaired) electrons. The molecule has 1 N–H and O–H groups in total. The highest BCUT2D eigenvalue weighted by atomic mass is 32.2. The minimum Gasteiger partial charge on any atom is -0.365 e. The van der Waals surface area contributed by atoms with Gasteiger partial charge in [-0.3, -0.25) is 0 Å². The number of fused-ring (bicyclic) bond motifs is 1. The summed E-state index contributed by atoms with van der Waals surface area (Å²) in [6.07, 6.45) is 0.200. The van der Waals surface area contributed by atoms with Gasteiger partial charge in [0.2, 0.25) is 10.0 Å². The molecule has 31 heavy (non-hydrogen) atoms. The maximum Gasteiger partial charge on any atom is 0.317 e. The van der Waals surface area contributed by atoms with Gasteiger partial charge < -0.3 is 15.0 Å². The van der Waals surface area contributed by atoms with Crippen molar-refractivity contribution in [2.75, 3.05) is 19.6 Å². The molecule has 3 aliphatic heterocycles. The first-order valence-corrected chi connectivity index (χ1v) is 12.2. The summed E-state index contributed by atoms with van der Waals surface area (Å²) in [6.45, 7) is 3.79. The van der Waals surface area contributed by atoms with Crippen molar-refractivity contribution < 1.29 is 17.9 Å². The quantitative estimate of drug-likeness (QED) is 0.790. The highest BCUT2D eigenvalue weighted by molar-refractivity contribution is 7.90. The number of nitrogens with one attached hydrogen (secondary N) is 1. The van der Waals surface area contributed by atoms with Crippen LogP contribution in [-0.4, -0.2) is 60.2 Å². The number of hydrogen-bond acceptors (Lipinski definition) is 4. The number of aryl methyl sites for hydroxylation is 1. The Labute approximate surface area is 183 Å². The first-order valence-electron chi connectivity index (χ1n) is 10.7. The Morgan fingerprint density at radius 3 is 2.65 bits per heavy atom. The normalized spacial score (nSPS) is 29.0. The van der Waals surface area contributed by atoms with Crippen molar-refractivity contribution in [2.24, 2.45) is 0 Å². The maximum absolute atomic E-state index is 13.3. The second kappa shape index (κ2) is 7.62. The summed E-state index contributed by atoms with van der Waals surface area (Å²) in [5.41, 5.74) is 2.29. The van der Waals surface area contributed by atoms with E-state index in [4.69, 9.17) is 4.74 Å². The summed E-state index contributed by atoms with van der Waals surface area (Å²) in [5, 5.41) is 2.40. The number of nitrogens with zero attached hydrogens (tertiary/aromatic N) is 2. The molecule has 7 nitrogen and oxygen atoms in total. The van der Waals surface area contributed by atoms with Gasteiger partial charge in [-0.05, 0) is 30.0 Å². The molecule has 0 aromatic heterocycles. The predicted octanol–water partition coefficient (Wildman–Crippen LogP) is 2.26. The van der Waals surface area contributed by atoms with E-state index in [0.29, 0.717) is 26.1 Å². The summed E-state index contributed by atoms with van der Waals surface area (Å²) < 4.78 is 34.3. The summed E-state index contributed by atoms with van der Waals surface area (Å²) in [7, 11) is -3.49. The van der Waals surface area contributed by atoms with Crippen LogP contribution in [0, 0.1) is 6.92 Å². The first kappa shape index (κ1) is 20.5. The topological polar surface area (TPSA) is 79.0 Å². The van der Waals surface area contributed by atoms with Crippen molar-refractivity contribution in [3.63, 3.8) is 0 Å². The third-order valence-corrected chi connectivity index (χ3v) is 9.01. The minimum atomic E-state index is -3.49. The van der Waals surface area contributed by atoms with Crippen molar-refractivity contribution in [3.8, 4) is 0 Å².